The number of amides is 1. The Kier molecular flexibility index (Phi) is 12.8. The molecule has 0 unspecified atom stereocenters. The summed E-state index contributed by atoms with van der Waals surface area (Å²) < 4.78 is 48.7. The number of aromatic amines is 1. The lowest BCUT2D eigenvalue weighted by Crippen LogP contribution is -2.61. The Morgan fingerprint density at radius 3 is 2.50 bits per heavy atom. The van der Waals surface area contributed by atoms with E-state index in [1.54, 1.807) is 6.07 Å². The monoisotopic (exact) mass is 1030 g/mol. The van der Waals surface area contributed by atoms with E-state index >= 15 is 0 Å². The summed E-state index contributed by atoms with van der Waals surface area (Å²) in [6.45, 7) is 16.8. The van der Waals surface area contributed by atoms with Crippen molar-refractivity contribution in [2.45, 2.75) is 113 Å². The van der Waals surface area contributed by atoms with Crippen molar-refractivity contribution in [2.24, 2.45) is 5.41 Å². The molecule has 5 aromatic rings. The first-order valence-electron chi connectivity index (χ1n) is 26.7. The van der Waals surface area contributed by atoms with Crippen molar-refractivity contribution >= 4 is 55.4 Å². The van der Waals surface area contributed by atoms with E-state index in [2.05, 4.69) is 79.7 Å². The van der Waals surface area contributed by atoms with Crippen LogP contribution in [0.4, 0.5) is 28.4 Å². The van der Waals surface area contributed by atoms with Crippen LogP contribution in [0, 0.1) is 15.5 Å². The number of hydrogen-bond donors (Lipinski definition) is 3. The van der Waals surface area contributed by atoms with Gasteiger partial charge in [-0.25, -0.2) is 13.1 Å². The number of pyridine rings is 1. The smallest absolute Gasteiger partial charge is 0.297 e. The van der Waals surface area contributed by atoms with Gasteiger partial charge in [0.2, 0.25) is 5.88 Å². The lowest BCUT2D eigenvalue weighted by molar-refractivity contribution is -0.384. The number of fused-ring (bicyclic) bond motifs is 3. The third-order valence-electron chi connectivity index (χ3n) is 17.2. The van der Waals surface area contributed by atoms with Gasteiger partial charge in [-0.15, -0.1) is 0 Å². The number of carbonyl (C=O) groups excluding carboxylic acids is 1. The SMILES string of the molecule is CC(C)c1ccccc1[C@@H]1CCCN1C1CC2(CCN(c3ccc(C(=O)NS(=O)(=O)c4cc5c(c([N+](=O)[O-])c4)N[C@H](CN4CCN(C6COC6)[C@H](C)C4)CO5)c(N4C[C@@H](C)Oc5nc6[nH]ccc6cc54)c3)CC2)C1. The minimum absolute atomic E-state index is 0.0346. The first kappa shape index (κ1) is 48.9. The summed E-state index contributed by atoms with van der Waals surface area (Å²) in [5, 5.41) is 16.8. The number of likely N-dealkylation sites (tertiary alicyclic amines) is 1. The number of sulfonamides is 1. The van der Waals surface area contributed by atoms with E-state index in [1.165, 1.54) is 42.9 Å². The van der Waals surface area contributed by atoms with E-state index in [9.17, 15) is 23.3 Å². The van der Waals surface area contributed by atoms with E-state index in [4.69, 9.17) is 19.2 Å². The first-order chi connectivity index (χ1) is 35.7. The Morgan fingerprint density at radius 2 is 1.74 bits per heavy atom. The lowest BCUT2D eigenvalue weighted by Gasteiger charge is -2.56. The molecule has 1 amide bonds. The summed E-state index contributed by atoms with van der Waals surface area (Å²) in [6.07, 6.45) is 8.45. The molecule has 392 valence electrons. The van der Waals surface area contributed by atoms with Gasteiger partial charge in [0.05, 0.1) is 52.9 Å². The van der Waals surface area contributed by atoms with Crippen molar-refractivity contribution in [3.8, 4) is 11.6 Å². The van der Waals surface area contributed by atoms with Crippen LogP contribution in [-0.2, 0) is 14.8 Å². The maximum Gasteiger partial charge on any atom is 0.297 e. The van der Waals surface area contributed by atoms with Crippen LogP contribution in [0.1, 0.15) is 99.7 Å². The molecule has 0 bridgehead atoms. The third-order valence-corrected chi connectivity index (χ3v) is 18.5. The van der Waals surface area contributed by atoms with E-state index in [0.717, 1.165) is 82.5 Å². The Labute approximate surface area is 432 Å². The molecule has 18 nitrogen and oxygen atoms in total. The normalized spacial score (nSPS) is 24.7. The molecule has 8 heterocycles. The summed E-state index contributed by atoms with van der Waals surface area (Å²) in [4.78, 5) is 46.1. The zero-order valence-electron chi connectivity index (χ0n) is 42.8. The zero-order valence-corrected chi connectivity index (χ0v) is 43.6. The molecule has 12 rings (SSSR count). The highest BCUT2D eigenvalue weighted by Gasteiger charge is 2.50. The molecule has 3 aromatic carbocycles. The fourth-order valence-electron chi connectivity index (χ4n) is 13.3. The molecule has 1 spiro atoms. The number of H-pyrrole nitrogens is 1. The number of rotatable bonds is 12. The molecule has 19 heteroatoms. The highest BCUT2D eigenvalue weighted by molar-refractivity contribution is 7.90. The van der Waals surface area contributed by atoms with Crippen LogP contribution in [0.2, 0.25) is 0 Å². The van der Waals surface area contributed by atoms with Gasteiger partial charge in [0.15, 0.2) is 11.4 Å². The number of carbonyl (C=O) groups is 1. The number of hydrogen-bond acceptors (Lipinski definition) is 15. The number of anilines is 4. The molecule has 4 atom stereocenters. The maximum absolute atomic E-state index is 14.6. The fourth-order valence-corrected chi connectivity index (χ4v) is 14.3. The maximum atomic E-state index is 14.6. The number of ether oxygens (including phenoxy) is 3. The molecular formula is C55H68N10O8S. The standard InChI is InChI=1S/C55H68N10O8S/c1-34(2)43-8-5-6-9-44(43)46-10-7-17-63(46)40-26-55(27-40)14-18-61(19-15-55)39-11-12-45(47(23-39)64-29-36(4)73-54-49(64)22-37-13-16-56-52(37)58-54)53(66)59-74(69,70)42-24-48(65(67)68)51-50(25-42)72-31-38(57-51)30-60-20-21-62(35(3)28-60)41-32-71-33-41/h5-6,8-9,11-13,16,22-25,34-36,38,40-41,46,57H,7,10,14-15,17-21,26-33H2,1-4H3,(H,56,58)(H,59,66)/t35-,36-,38-,46+/m1/s1. The molecule has 3 N–H and O–H groups in total. The van der Waals surface area contributed by atoms with E-state index in [-0.39, 0.29) is 35.8 Å². The molecular weight excluding hydrogens is 961 g/mol. The average molecular weight is 1030 g/mol. The Balaban J connectivity index is 0.779. The van der Waals surface area contributed by atoms with Gasteiger partial charge in [0.25, 0.3) is 21.6 Å². The second-order valence-electron chi connectivity index (χ2n) is 22.4. The van der Waals surface area contributed by atoms with Crippen LogP contribution in [0.3, 0.4) is 0 Å². The number of nitro groups is 1. The molecule has 4 saturated heterocycles. The summed E-state index contributed by atoms with van der Waals surface area (Å²) in [5.41, 5.74) is 5.77. The summed E-state index contributed by atoms with van der Waals surface area (Å²) >= 11 is 0. The van der Waals surface area contributed by atoms with Crippen LogP contribution in [0.5, 0.6) is 11.6 Å². The highest BCUT2D eigenvalue weighted by Crippen LogP contribution is 2.55. The number of aromatic nitrogens is 2. The van der Waals surface area contributed by atoms with Gasteiger partial charge in [-0.05, 0) is 112 Å². The van der Waals surface area contributed by atoms with Gasteiger partial charge >= 0.3 is 0 Å². The van der Waals surface area contributed by atoms with Gasteiger partial charge in [-0.1, -0.05) is 38.1 Å². The Bertz CT molecular complexity index is 3080. The number of benzene rings is 3. The average Bonchev–Trinajstić information content (AvgIpc) is 4.06. The largest absolute Gasteiger partial charge is 0.489 e. The van der Waals surface area contributed by atoms with Gasteiger partial charge in [-0.3, -0.25) is 29.6 Å². The molecule has 6 aliphatic heterocycles. The number of nitrogens with one attached hydrogen (secondary N) is 3. The van der Waals surface area contributed by atoms with E-state index in [0.29, 0.717) is 71.5 Å². The van der Waals surface area contributed by atoms with Gasteiger partial charge < -0.3 is 34.3 Å². The third kappa shape index (κ3) is 9.11. The van der Waals surface area contributed by atoms with Crippen LogP contribution >= 0.6 is 0 Å². The quantitative estimate of drug-likeness (QED) is 0.0810. The van der Waals surface area contributed by atoms with Gasteiger partial charge in [-0.2, -0.15) is 4.98 Å². The summed E-state index contributed by atoms with van der Waals surface area (Å²) in [7, 11) is -4.67. The number of nitrogens with zero attached hydrogens (tertiary/aromatic N) is 7. The van der Waals surface area contributed by atoms with Gasteiger partial charge in [0, 0.05) is 86.8 Å². The predicted octanol–water partition coefficient (Wildman–Crippen LogP) is 7.80. The van der Waals surface area contributed by atoms with Gasteiger partial charge in [0.1, 0.15) is 24.0 Å². The minimum Gasteiger partial charge on any atom is -0.489 e. The number of piperazine rings is 1. The van der Waals surface area contributed by atoms with Crippen LogP contribution in [0.25, 0.3) is 11.0 Å². The van der Waals surface area contributed by atoms with Crippen molar-refractivity contribution in [2.75, 3.05) is 87.3 Å². The predicted molar refractivity (Wildman–Crippen MR) is 284 cm³/mol. The molecule has 7 aliphatic rings. The van der Waals surface area contributed by atoms with Crippen LogP contribution in [0.15, 0.2) is 77.8 Å². The lowest BCUT2D eigenvalue weighted by atomic mass is 9.59. The van der Waals surface area contributed by atoms with Crippen molar-refractivity contribution in [3.63, 3.8) is 0 Å². The topological polar surface area (TPSA) is 191 Å². The molecule has 5 fully saturated rings. The zero-order chi connectivity index (χ0) is 51.0. The molecule has 2 aromatic heterocycles. The second kappa shape index (κ2) is 19.3. The Morgan fingerprint density at radius 1 is 0.932 bits per heavy atom. The highest BCUT2D eigenvalue weighted by atomic mass is 32.2. The van der Waals surface area contributed by atoms with E-state index < -0.39 is 31.4 Å². The summed E-state index contributed by atoms with van der Waals surface area (Å²) in [5.74, 6) is 0.0385. The fraction of sp³-hybridized carbons (Fsp3) is 0.527. The molecule has 74 heavy (non-hydrogen) atoms. The first-order valence-corrected chi connectivity index (χ1v) is 28.2. The van der Waals surface area contributed by atoms with Crippen molar-refractivity contribution < 1.29 is 32.3 Å². The Hall–Kier alpha value is -5.99. The number of piperidine rings is 1. The minimum atomic E-state index is -4.67. The molecule has 1 saturated carbocycles. The summed E-state index contributed by atoms with van der Waals surface area (Å²) in [6, 6.07) is 22.3. The number of nitro benzene ring substituents is 1. The van der Waals surface area contributed by atoms with Crippen molar-refractivity contribution in [1.29, 1.82) is 0 Å². The second-order valence-corrected chi connectivity index (χ2v) is 24.1. The molecule has 0 radical (unpaired) electrons. The van der Waals surface area contributed by atoms with Crippen LogP contribution in [-0.4, -0.2) is 146 Å². The molecule has 1 aliphatic carbocycles. The van der Waals surface area contributed by atoms with E-state index in [1.807, 2.05) is 42.3 Å². The van der Waals surface area contributed by atoms with Crippen molar-refractivity contribution in [1.82, 2.24) is 29.4 Å². The van der Waals surface area contributed by atoms with Crippen molar-refractivity contribution in [3.05, 3.63) is 99.7 Å². The van der Waals surface area contributed by atoms with Crippen LogP contribution < -0.4 is 29.3 Å².